The Kier molecular flexibility index (Phi) is 6.69. The zero-order chi connectivity index (χ0) is 26.2. The highest BCUT2D eigenvalue weighted by molar-refractivity contribution is 5.92. The lowest BCUT2D eigenvalue weighted by atomic mass is 10.1. The van der Waals surface area contributed by atoms with E-state index in [0.717, 1.165) is 73.0 Å². The highest BCUT2D eigenvalue weighted by Crippen LogP contribution is 2.35. The molecule has 7 nitrogen and oxygen atoms in total. The van der Waals surface area contributed by atoms with E-state index < -0.39 is 11.6 Å². The van der Waals surface area contributed by atoms with Crippen LogP contribution in [0.25, 0.3) is 27.8 Å². The fourth-order valence-electron chi connectivity index (χ4n) is 5.61. The van der Waals surface area contributed by atoms with Crippen LogP contribution in [0.4, 0.5) is 20.3 Å². The minimum absolute atomic E-state index is 0.0922. The highest BCUT2D eigenvalue weighted by Gasteiger charge is 2.34. The van der Waals surface area contributed by atoms with Gasteiger partial charge < -0.3 is 9.88 Å². The molecule has 0 bridgehead atoms. The van der Waals surface area contributed by atoms with Gasteiger partial charge in [0.1, 0.15) is 17.8 Å². The van der Waals surface area contributed by atoms with Crippen molar-refractivity contribution in [2.75, 3.05) is 42.9 Å². The molecule has 9 heteroatoms. The van der Waals surface area contributed by atoms with Crippen molar-refractivity contribution < 1.29 is 13.3 Å². The number of benzene rings is 1. The molecule has 1 aromatic carbocycles. The fourth-order valence-corrected chi connectivity index (χ4v) is 5.61. The number of unbranched alkanes of at least 4 members (excludes halogenated alkanes) is 1. The van der Waals surface area contributed by atoms with Crippen molar-refractivity contribution >= 4 is 22.5 Å². The van der Waals surface area contributed by atoms with Gasteiger partial charge in [-0.3, -0.25) is 9.80 Å². The SMILES string of the molecule is CCCCNc1ccc(F)c(-n2cc(-c3cncnc3)c3c2ccc(N2CCN(C4CC4)CC2)[n+]3C)c1F. The van der Waals surface area contributed by atoms with Crippen LogP contribution < -0.4 is 14.8 Å². The summed E-state index contributed by atoms with van der Waals surface area (Å²) in [6.07, 6.45) is 11.3. The monoisotopic (exact) mass is 518 g/mol. The summed E-state index contributed by atoms with van der Waals surface area (Å²) >= 11 is 0. The molecular weight excluding hydrogens is 484 g/mol. The van der Waals surface area contributed by atoms with Gasteiger partial charge in [0, 0.05) is 55.9 Å². The average molecular weight is 519 g/mol. The van der Waals surface area contributed by atoms with Gasteiger partial charge in [-0.2, -0.15) is 0 Å². The molecule has 1 aliphatic heterocycles. The first-order valence-corrected chi connectivity index (χ1v) is 13.6. The van der Waals surface area contributed by atoms with E-state index in [-0.39, 0.29) is 5.69 Å². The van der Waals surface area contributed by atoms with Crippen LogP contribution in [0.2, 0.25) is 0 Å². The number of fused-ring (bicyclic) bond motifs is 1. The molecule has 1 aliphatic carbocycles. The first-order chi connectivity index (χ1) is 18.6. The lowest BCUT2D eigenvalue weighted by Crippen LogP contribution is -2.51. The minimum Gasteiger partial charge on any atom is -0.383 e. The molecule has 2 aliphatic rings. The third-order valence-corrected chi connectivity index (χ3v) is 7.81. The number of halogens is 2. The first-order valence-electron chi connectivity index (χ1n) is 13.6. The normalized spacial score (nSPS) is 16.4. The average Bonchev–Trinajstić information content (AvgIpc) is 3.72. The van der Waals surface area contributed by atoms with Crippen molar-refractivity contribution in [3.05, 3.63) is 60.8 Å². The van der Waals surface area contributed by atoms with Crippen LogP contribution in [0.3, 0.4) is 0 Å². The molecule has 2 fully saturated rings. The molecule has 0 spiro atoms. The Morgan fingerprint density at radius 3 is 2.50 bits per heavy atom. The standard InChI is InChI=1S/C29H34F2N7/c1-3-4-11-34-24-8-7-23(30)29(27(24)31)38-18-22(20-16-32-19-33-17-20)28-25(38)9-10-26(35(28)2)37-14-12-36(13-15-37)21-5-6-21/h7-10,16-19,21,34H,3-6,11-15H2,1-2H3/q+1. The van der Waals surface area contributed by atoms with E-state index in [2.05, 4.69) is 42.6 Å². The molecule has 1 saturated carbocycles. The summed E-state index contributed by atoms with van der Waals surface area (Å²) < 4.78 is 34.9. The smallest absolute Gasteiger partial charge is 0.277 e. The number of hydrogen-bond acceptors (Lipinski definition) is 5. The summed E-state index contributed by atoms with van der Waals surface area (Å²) in [5.41, 5.74) is 3.42. The van der Waals surface area contributed by atoms with Crippen molar-refractivity contribution in [3.63, 3.8) is 0 Å². The molecule has 38 heavy (non-hydrogen) atoms. The van der Waals surface area contributed by atoms with Crippen molar-refractivity contribution in [3.8, 4) is 16.8 Å². The van der Waals surface area contributed by atoms with E-state index in [4.69, 9.17) is 0 Å². The highest BCUT2D eigenvalue weighted by atomic mass is 19.1. The summed E-state index contributed by atoms with van der Waals surface area (Å²) in [6.45, 7) is 6.72. The lowest BCUT2D eigenvalue weighted by Gasteiger charge is -2.31. The van der Waals surface area contributed by atoms with E-state index in [0.29, 0.717) is 12.2 Å². The topological polar surface area (TPSA) is 53.1 Å². The van der Waals surface area contributed by atoms with E-state index in [9.17, 15) is 0 Å². The van der Waals surface area contributed by atoms with Gasteiger partial charge in [-0.15, -0.1) is 0 Å². The molecule has 0 atom stereocenters. The molecule has 3 aromatic heterocycles. The molecule has 0 unspecified atom stereocenters. The van der Waals surface area contributed by atoms with Crippen LogP contribution in [0.1, 0.15) is 32.6 Å². The summed E-state index contributed by atoms with van der Waals surface area (Å²) in [5.74, 6) is -0.129. The summed E-state index contributed by atoms with van der Waals surface area (Å²) in [6, 6.07) is 7.61. The molecule has 1 N–H and O–H groups in total. The fraction of sp³-hybridized carbons (Fsp3) is 0.414. The number of nitrogens with zero attached hydrogens (tertiary/aromatic N) is 6. The lowest BCUT2D eigenvalue weighted by molar-refractivity contribution is -0.631. The zero-order valence-electron chi connectivity index (χ0n) is 22.0. The maximum atomic E-state index is 15.8. The van der Waals surface area contributed by atoms with Gasteiger partial charge in [0.2, 0.25) is 0 Å². The molecule has 0 radical (unpaired) electrons. The van der Waals surface area contributed by atoms with Crippen molar-refractivity contribution in [2.45, 2.75) is 38.6 Å². The number of nitrogens with one attached hydrogen (secondary N) is 1. The molecule has 4 heterocycles. The van der Waals surface area contributed by atoms with Crippen LogP contribution in [-0.2, 0) is 7.05 Å². The van der Waals surface area contributed by atoms with Gasteiger partial charge in [0.25, 0.3) is 5.82 Å². The van der Waals surface area contributed by atoms with Gasteiger partial charge in [0.15, 0.2) is 11.3 Å². The second-order valence-electron chi connectivity index (χ2n) is 10.3. The number of pyridine rings is 1. The molecule has 198 valence electrons. The number of rotatable bonds is 8. The summed E-state index contributed by atoms with van der Waals surface area (Å²) in [5, 5.41) is 3.13. The predicted molar refractivity (Wildman–Crippen MR) is 146 cm³/mol. The van der Waals surface area contributed by atoms with Gasteiger partial charge in [-0.05, 0) is 37.5 Å². The Morgan fingerprint density at radius 1 is 1.03 bits per heavy atom. The number of aryl methyl sites for hydroxylation is 1. The Bertz CT molecular complexity index is 1440. The Morgan fingerprint density at radius 2 is 1.79 bits per heavy atom. The van der Waals surface area contributed by atoms with E-state index in [1.807, 2.05) is 13.1 Å². The quantitative estimate of drug-likeness (QED) is 0.271. The van der Waals surface area contributed by atoms with Crippen LogP contribution in [-0.4, -0.2) is 58.2 Å². The molecule has 4 aromatic rings. The third-order valence-electron chi connectivity index (χ3n) is 7.81. The minimum atomic E-state index is -0.612. The van der Waals surface area contributed by atoms with E-state index in [1.165, 1.54) is 31.3 Å². The number of anilines is 2. The number of piperazine rings is 1. The molecule has 1 saturated heterocycles. The maximum Gasteiger partial charge on any atom is 0.277 e. The first kappa shape index (κ1) is 24.7. The molecule has 6 rings (SSSR count). The van der Waals surface area contributed by atoms with Crippen molar-refractivity contribution in [1.82, 2.24) is 19.4 Å². The number of hydrogen-bond donors (Lipinski definition) is 1. The number of aromatic nitrogens is 4. The van der Waals surface area contributed by atoms with E-state index >= 15 is 8.78 Å². The predicted octanol–water partition coefficient (Wildman–Crippen LogP) is 4.69. The molecular formula is C29H34F2N7+. The largest absolute Gasteiger partial charge is 0.383 e. The summed E-state index contributed by atoms with van der Waals surface area (Å²) in [4.78, 5) is 13.4. The summed E-state index contributed by atoms with van der Waals surface area (Å²) in [7, 11) is 2.03. The van der Waals surface area contributed by atoms with Gasteiger partial charge >= 0.3 is 0 Å². The zero-order valence-corrected chi connectivity index (χ0v) is 22.0. The van der Waals surface area contributed by atoms with Crippen LogP contribution in [0.5, 0.6) is 0 Å². The van der Waals surface area contributed by atoms with E-state index in [1.54, 1.807) is 23.2 Å². The Labute approximate surface area is 221 Å². The van der Waals surface area contributed by atoms with Crippen molar-refractivity contribution in [2.24, 2.45) is 7.05 Å². The van der Waals surface area contributed by atoms with Crippen molar-refractivity contribution in [1.29, 1.82) is 0 Å². The van der Waals surface area contributed by atoms with Crippen LogP contribution >= 0.6 is 0 Å². The van der Waals surface area contributed by atoms with Crippen LogP contribution in [0.15, 0.2) is 49.2 Å². The van der Waals surface area contributed by atoms with Gasteiger partial charge in [0.05, 0.1) is 36.9 Å². The maximum absolute atomic E-state index is 15.8. The van der Waals surface area contributed by atoms with Crippen LogP contribution in [0, 0.1) is 11.6 Å². The van der Waals surface area contributed by atoms with Gasteiger partial charge in [-0.25, -0.2) is 23.3 Å². The molecule has 0 amide bonds. The third kappa shape index (κ3) is 4.49. The second-order valence-corrected chi connectivity index (χ2v) is 10.3. The van der Waals surface area contributed by atoms with Gasteiger partial charge in [-0.1, -0.05) is 13.3 Å². The second kappa shape index (κ2) is 10.3. The Balaban J connectivity index is 1.47. The Hall–Kier alpha value is -3.59.